The number of carboxylic acid groups (broad SMARTS) is 2. The number of carbonyl (C=O) groups is 10. The number of rotatable bonds is 31. The molecule has 10 atom stereocenters. The molecule has 67 heavy (non-hydrogen) atoms. The van der Waals surface area contributed by atoms with Gasteiger partial charge in [0.15, 0.2) is 0 Å². The van der Waals surface area contributed by atoms with Crippen molar-refractivity contribution in [1.29, 1.82) is 0 Å². The Bertz CT molecular complexity index is 1840. The van der Waals surface area contributed by atoms with Crippen LogP contribution in [0.3, 0.4) is 0 Å². The molecule has 16 N–H and O–H groups in total. The molecule has 0 aliphatic rings. The van der Waals surface area contributed by atoms with Crippen molar-refractivity contribution in [2.45, 2.75) is 128 Å². The highest BCUT2D eigenvalue weighted by molar-refractivity contribution is 7.80. The number of aliphatic hydroxyl groups excluding tert-OH is 2. The van der Waals surface area contributed by atoms with Crippen molar-refractivity contribution in [3.63, 3.8) is 0 Å². The largest absolute Gasteiger partial charge is 0.481 e. The first-order valence-corrected chi connectivity index (χ1v) is 22.4. The van der Waals surface area contributed by atoms with E-state index in [1.165, 1.54) is 6.92 Å². The maximum Gasteiger partial charge on any atom is 0.326 e. The number of thiol groups is 1. The van der Waals surface area contributed by atoms with Crippen LogP contribution in [-0.4, -0.2) is 160 Å². The zero-order valence-corrected chi connectivity index (χ0v) is 39.2. The van der Waals surface area contributed by atoms with Crippen LogP contribution in [0.15, 0.2) is 30.3 Å². The van der Waals surface area contributed by atoms with Gasteiger partial charge in [-0.3, -0.25) is 43.2 Å². The number of amides is 8. The van der Waals surface area contributed by atoms with E-state index in [9.17, 15) is 68.4 Å². The molecule has 0 saturated carbocycles. The van der Waals surface area contributed by atoms with Crippen molar-refractivity contribution in [3.8, 4) is 0 Å². The first kappa shape index (κ1) is 59.1. The predicted molar refractivity (Wildman–Crippen MR) is 244 cm³/mol. The van der Waals surface area contributed by atoms with Crippen molar-refractivity contribution in [1.82, 2.24) is 42.5 Å². The van der Waals surface area contributed by atoms with E-state index in [4.69, 9.17) is 11.5 Å². The molecular formula is C42H68N10O14S. The third-order valence-electron chi connectivity index (χ3n) is 10.4. The van der Waals surface area contributed by atoms with Gasteiger partial charge >= 0.3 is 11.9 Å². The summed E-state index contributed by atoms with van der Waals surface area (Å²) in [5.74, 6) is -12.2. The molecule has 0 aliphatic heterocycles. The summed E-state index contributed by atoms with van der Waals surface area (Å²) >= 11 is 4.09. The molecule has 0 aromatic heterocycles. The summed E-state index contributed by atoms with van der Waals surface area (Å²) in [6, 6.07) is -4.14. The number of aliphatic hydroxyl groups is 2. The Hall–Kier alpha value is -5.89. The maximum atomic E-state index is 13.4. The molecule has 1 rings (SSSR count). The van der Waals surface area contributed by atoms with Crippen LogP contribution in [0, 0.1) is 11.8 Å². The molecular weight excluding hydrogens is 901 g/mol. The molecule has 0 radical (unpaired) electrons. The molecule has 24 nitrogen and oxygen atoms in total. The lowest BCUT2D eigenvalue weighted by Gasteiger charge is -2.28. The molecule has 0 unspecified atom stereocenters. The van der Waals surface area contributed by atoms with Crippen LogP contribution in [-0.2, 0) is 54.4 Å². The quantitative estimate of drug-likeness (QED) is 0.0248. The number of unbranched alkanes of at least 4 members (excludes halogenated alkanes) is 1. The van der Waals surface area contributed by atoms with E-state index >= 15 is 0 Å². The van der Waals surface area contributed by atoms with Crippen molar-refractivity contribution in [2.75, 3.05) is 25.5 Å². The Morgan fingerprint density at radius 2 is 1.07 bits per heavy atom. The molecule has 0 fully saturated rings. The van der Waals surface area contributed by atoms with Gasteiger partial charge in [-0.25, -0.2) is 4.79 Å². The lowest BCUT2D eigenvalue weighted by molar-refractivity contribution is -0.143. The zero-order chi connectivity index (χ0) is 51.0. The second-order valence-electron chi connectivity index (χ2n) is 16.2. The van der Waals surface area contributed by atoms with Crippen LogP contribution in [0.4, 0.5) is 0 Å². The van der Waals surface area contributed by atoms with E-state index in [0.717, 1.165) is 5.56 Å². The van der Waals surface area contributed by atoms with Crippen molar-refractivity contribution in [3.05, 3.63) is 35.9 Å². The molecule has 0 aliphatic carbocycles. The third-order valence-corrected chi connectivity index (χ3v) is 10.8. The minimum absolute atomic E-state index is 0.0181. The lowest BCUT2D eigenvalue weighted by Crippen LogP contribution is -2.62. The van der Waals surface area contributed by atoms with Crippen molar-refractivity contribution < 1.29 is 68.4 Å². The van der Waals surface area contributed by atoms with E-state index in [2.05, 4.69) is 55.2 Å². The topological polar surface area (TPSA) is 400 Å². The lowest BCUT2D eigenvalue weighted by atomic mass is 9.97. The summed E-state index contributed by atoms with van der Waals surface area (Å²) in [6.07, 6.45) is 0.278. The maximum absolute atomic E-state index is 13.4. The molecule has 25 heteroatoms. The Morgan fingerprint density at radius 3 is 1.58 bits per heavy atom. The van der Waals surface area contributed by atoms with Gasteiger partial charge in [-0.15, -0.1) is 0 Å². The fraction of sp³-hybridized carbons (Fsp3) is 0.619. The number of nitrogens with two attached hydrogens (primary N) is 2. The van der Waals surface area contributed by atoms with Crippen LogP contribution < -0.4 is 54.0 Å². The first-order chi connectivity index (χ1) is 31.5. The van der Waals surface area contributed by atoms with E-state index in [1.54, 1.807) is 52.0 Å². The summed E-state index contributed by atoms with van der Waals surface area (Å²) in [4.78, 5) is 129. The average Bonchev–Trinajstić information content (AvgIpc) is 3.28. The van der Waals surface area contributed by atoms with Crippen LogP contribution in [0.5, 0.6) is 0 Å². The summed E-state index contributed by atoms with van der Waals surface area (Å²) in [7, 11) is 0. The van der Waals surface area contributed by atoms with Crippen molar-refractivity contribution in [2.24, 2.45) is 23.3 Å². The number of nitrogens with one attached hydrogen (secondary N) is 8. The minimum atomic E-state index is -1.91. The monoisotopic (exact) mass is 968 g/mol. The molecule has 1 aromatic rings. The smallest absolute Gasteiger partial charge is 0.326 e. The highest BCUT2D eigenvalue weighted by Crippen LogP contribution is 2.11. The Morgan fingerprint density at radius 1 is 0.597 bits per heavy atom. The van der Waals surface area contributed by atoms with E-state index in [-0.39, 0.29) is 19.3 Å². The molecule has 376 valence electrons. The summed E-state index contributed by atoms with van der Waals surface area (Å²) in [6.45, 7) is 6.05. The number of carboxylic acids is 2. The number of hydrogen-bond donors (Lipinski definition) is 15. The van der Waals surface area contributed by atoms with Crippen LogP contribution in [0.25, 0.3) is 0 Å². The van der Waals surface area contributed by atoms with Gasteiger partial charge in [0.25, 0.3) is 0 Å². The van der Waals surface area contributed by atoms with Gasteiger partial charge in [-0.2, -0.15) is 12.6 Å². The van der Waals surface area contributed by atoms with Gasteiger partial charge in [-0.05, 0) is 56.6 Å². The molecule has 0 bridgehead atoms. The summed E-state index contributed by atoms with van der Waals surface area (Å²) in [5, 5.41) is 57.6. The molecule has 0 spiro atoms. The predicted octanol–water partition coefficient (Wildman–Crippen LogP) is -4.24. The van der Waals surface area contributed by atoms with Crippen LogP contribution in [0.2, 0.25) is 0 Å². The van der Waals surface area contributed by atoms with Gasteiger partial charge in [0, 0.05) is 5.75 Å². The number of hydrogen-bond acceptors (Lipinski definition) is 15. The normalized spacial score (nSPS) is 15.6. The summed E-state index contributed by atoms with van der Waals surface area (Å²) in [5.41, 5.74) is 12.3. The third kappa shape index (κ3) is 20.7. The fourth-order valence-corrected chi connectivity index (χ4v) is 6.43. The average molecular weight is 969 g/mol. The number of aliphatic carboxylic acids is 2. The standard InChI is InChI=1S/C42H68N10O14S/c1-6-22(4)33(41(64)49-28(18-53)37(60)46-26(42(65)66)14-10-11-15-43)52-38(61)29(19-54)48-36(59)27(17-31(55)56)47-39(62)30(20-67)50-34(57)23(5)45-40(63)32(21(2)3)51-35(58)25(44)16-24-12-8-7-9-13-24/h7-9,12-13,21-23,25-30,32-33,53-54,67H,6,10-11,14-20,43-44H2,1-5H3,(H,45,63)(H,46,60)(H,47,62)(H,48,59)(H,49,64)(H,50,57)(H,51,58)(H,52,61)(H,55,56)(H,65,66)/t22-,23-,25-,26-,27-,28-,29-,30-,32-,33-/m0/s1. The van der Waals surface area contributed by atoms with E-state index < -0.39 is 151 Å². The Kier molecular flexibility index (Phi) is 26.8. The second kappa shape index (κ2) is 30.4. The Balaban J connectivity index is 3.05. The van der Waals surface area contributed by atoms with E-state index in [1.807, 2.05) is 6.07 Å². The van der Waals surface area contributed by atoms with Gasteiger partial charge < -0.3 is 74.4 Å². The number of carbonyl (C=O) groups excluding carboxylic acids is 8. The first-order valence-electron chi connectivity index (χ1n) is 21.7. The highest BCUT2D eigenvalue weighted by atomic mass is 32.1. The van der Waals surface area contributed by atoms with Gasteiger partial charge in [0.05, 0.1) is 25.7 Å². The van der Waals surface area contributed by atoms with Gasteiger partial charge in [0.1, 0.15) is 48.3 Å². The minimum Gasteiger partial charge on any atom is -0.481 e. The Labute approximate surface area is 394 Å². The fourth-order valence-electron chi connectivity index (χ4n) is 6.17. The molecule has 8 amide bonds. The van der Waals surface area contributed by atoms with Gasteiger partial charge in [0.2, 0.25) is 47.3 Å². The number of benzene rings is 1. The van der Waals surface area contributed by atoms with Crippen LogP contribution >= 0.6 is 12.6 Å². The second-order valence-corrected chi connectivity index (χ2v) is 16.6. The molecule has 0 saturated heterocycles. The highest BCUT2D eigenvalue weighted by Gasteiger charge is 2.36. The zero-order valence-electron chi connectivity index (χ0n) is 38.3. The molecule has 0 heterocycles. The van der Waals surface area contributed by atoms with Crippen molar-refractivity contribution >= 4 is 71.8 Å². The summed E-state index contributed by atoms with van der Waals surface area (Å²) < 4.78 is 0. The molecule has 1 aromatic carbocycles. The SMILES string of the molecule is CC[C@H](C)[C@H](NC(=O)[C@H](CO)NC(=O)[C@H](CC(=O)O)NC(=O)[C@H](CS)NC(=O)[C@H](C)NC(=O)[C@@H](NC(=O)[C@@H](N)Cc1ccccc1)C(C)C)C(=O)N[C@@H](CO)C(=O)N[C@@H](CCCCN)C(=O)O. The van der Waals surface area contributed by atoms with E-state index in [0.29, 0.717) is 19.4 Å². The van der Waals surface area contributed by atoms with Gasteiger partial charge in [-0.1, -0.05) is 64.4 Å². The van der Waals surface area contributed by atoms with Crippen LogP contribution in [0.1, 0.15) is 72.3 Å².